The molecule has 0 spiro atoms. The molecule has 48 heavy (non-hydrogen) atoms. The van der Waals surface area contributed by atoms with Crippen LogP contribution >= 0.6 is 11.6 Å². The lowest BCUT2D eigenvalue weighted by Crippen LogP contribution is -2.27. The Morgan fingerprint density at radius 3 is 2.17 bits per heavy atom. The van der Waals surface area contributed by atoms with Gasteiger partial charge in [0.05, 0.1) is 23.7 Å². The van der Waals surface area contributed by atoms with E-state index in [1.165, 1.54) is 24.3 Å². The first-order chi connectivity index (χ1) is 22.6. The molecule has 3 aromatic carbocycles. The quantitative estimate of drug-likeness (QED) is 0.102. The van der Waals surface area contributed by atoms with Gasteiger partial charge in [-0.05, 0) is 74.1 Å². The fourth-order valence-electron chi connectivity index (χ4n) is 5.64. The molecular weight excluding hydrogens is 656 g/mol. The lowest BCUT2D eigenvalue weighted by molar-refractivity contribution is -0.274. The number of hydrogen-bond donors (Lipinski definition) is 4. The van der Waals surface area contributed by atoms with Crippen molar-refractivity contribution in [2.45, 2.75) is 70.7 Å². The largest absolute Gasteiger partial charge is 0.573 e. The molecule has 0 aliphatic heterocycles. The smallest absolute Gasteiger partial charge is 0.481 e. The van der Waals surface area contributed by atoms with Gasteiger partial charge in [0.1, 0.15) is 17.3 Å². The number of carbonyl (C=O) groups is 2. The zero-order valence-corrected chi connectivity index (χ0v) is 26.9. The van der Waals surface area contributed by atoms with E-state index in [0.29, 0.717) is 33.5 Å². The highest BCUT2D eigenvalue weighted by molar-refractivity contribution is 6.32. The molecule has 0 fully saturated rings. The first-order valence-electron chi connectivity index (χ1n) is 15.1. The summed E-state index contributed by atoms with van der Waals surface area (Å²) in [6.45, 7) is 3.65. The molecule has 0 saturated carbocycles. The van der Waals surface area contributed by atoms with Crippen molar-refractivity contribution in [3.63, 3.8) is 0 Å². The highest BCUT2D eigenvalue weighted by atomic mass is 35.5. The maximum absolute atomic E-state index is 14.2. The van der Waals surface area contributed by atoms with E-state index >= 15 is 0 Å². The second-order valence-corrected chi connectivity index (χ2v) is 12.0. The summed E-state index contributed by atoms with van der Waals surface area (Å²) < 4.78 is 58.0. The predicted molar refractivity (Wildman–Crippen MR) is 172 cm³/mol. The Balaban J connectivity index is 1.80. The van der Waals surface area contributed by atoms with Crippen molar-refractivity contribution in [2.75, 3.05) is 0 Å². The van der Waals surface area contributed by atoms with Gasteiger partial charge in [-0.15, -0.1) is 13.2 Å². The molecule has 0 saturated heterocycles. The Kier molecular flexibility index (Phi) is 11.9. The normalized spacial score (nSPS) is 13.0. The van der Waals surface area contributed by atoms with Gasteiger partial charge in [-0.3, -0.25) is 9.59 Å². The maximum atomic E-state index is 14.2. The number of hydrogen-bond acceptors (Lipinski definition) is 5. The second-order valence-electron chi connectivity index (χ2n) is 11.6. The summed E-state index contributed by atoms with van der Waals surface area (Å²) in [4.78, 5) is 25.2. The number of aromatic nitrogens is 1. The minimum atomic E-state index is -4.93. The van der Waals surface area contributed by atoms with Crippen LogP contribution in [0.4, 0.5) is 17.6 Å². The van der Waals surface area contributed by atoms with Crippen molar-refractivity contribution in [3.05, 3.63) is 101 Å². The average molecular weight is 691 g/mol. The van der Waals surface area contributed by atoms with Gasteiger partial charge in [0, 0.05) is 29.4 Å². The van der Waals surface area contributed by atoms with E-state index in [0.717, 1.165) is 6.07 Å². The van der Waals surface area contributed by atoms with Crippen molar-refractivity contribution in [3.8, 4) is 28.0 Å². The van der Waals surface area contributed by atoms with E-state index in [9.17, 15) is 37.4 Å². The molecule has 256 valence electrons. The summed E-state index contributed by atoms with van der Waals surface area (Å²) in [5.74, 6) is -2.75. The van der Waals surface area contributed by atoms with Crippen LogP contribution in [-0.2, 0) is 17.8 Å². The number of rotatable bonds is 14. The first-order valence-corrected chi connectivity index (χ1v) is 15.5. The second kappa shape index (κ2) is 15.7. The van der Waals surface area contributed by atoms with Gasteiger partial charge in [0.2, 0.25) is 0 Å². The lowest BCUT2D eigenvalue weighted by atomic mass is 9.92. The van der Waals surface area contributed by atoms with Crippen LogP contribution in [0, 0.1) is 5.82 Å². The Labute approximate surface area is 279 Å². The van der Waals surface area contributed by atoms with Gasteiger partial charge in [-0.25, -0.2) is 4.39 Å². The Bertz CT molecular complexity index is 1730. The van der Waals surface area contributed by atoms with Gasteiger partial charge in [0.25, 0.3) is 5.91 Å². The molecule has 0 bridgehead atoms. The van der Waals surface area contributed by atoms with Gasteiger partial charge < -0.3 is 29.9 Å². The molecule has 1 amide bonds. The lowest BCUT2D eigenvalue weighted by Gasteiger charge is -2.20. The van der Waals surface area contributed by atoms with Crippen LogP contribution in [-0.4, -0.2) is 50.3 Å². The van der Waals surface area contributed by atoms with Gasteiger partial charge >= 0.3 is 12.3 Å². The number of carboxylic acid groups (broad SMARTS) is 1. The van der Waals surface area contributed by atoms with Crippen molar-refractivity contribution in [1.82, 2.24) is 9.88 Å². The third-order valence-corrected chi connectivity index (χ3v) is 7.87. The number of halogens is 5. The van der Waals surface area contributed by atoms with Crippen LogP contribution in [0.15, 0.2) is 72.8 Å². The van der Waals surface area contributed by atoms with E-state index in [-0.39, 0.29) is 42.6 Å². The summed E-state index contributed by atoms with van der Waals surface area (Å²) in [5, 5.41) is 32.4. The fourth-order valence-corrected chi connectivity index (χ4v) is 5.88. The minimum Gasteiger partial charge on any atom is -0.481 e. The monoisotopic (exact) mass is 690 g/mol. The van der Waals surface area contributed by atoms with Gasteiger partial charge in [0.15, 0.2) is 0 Å². The summed E-state index contributed by atoms with van der Waals surface area (Å²) in [7, 11) is 0. The van der Waals surface area contributed by atoms with Crippen LogP contribution in [0.25, 0.3) is 22.3 Å². The minimum absolute atomic E-state index is 0.0935. The Morgan fingerprint density at radius 1 is 0.938 bits per heavy atom. The number of aliphatic hydroxyl groups excluding tert-OH is 2. The van der Waals surface area contributed by atoms with Gasteiger partial charge in [-0.1, -0.05) is 60.1 Å². The van der Waals surface area contributed by atoms with E-state index in [4.69, 9.17) is 16.7 Å². The summed E-state index contributed by atoms with van der Waals surface area (Å²) in [6.07, 6.45) is -7.63. The number of amides is 1. The third-order valence-electron chi connectivity index (χ3n) is 7.58. The highest BCUT2D eigenvalue weighted by Gasteiger charge is 2.33. The highest BCUT2D eigenvalue weighted by Crippen LogP contribution is 2.42. The number of carbonyl (C=O) groups excluding carboxylic acids is 1. The molecule has 1 heterocycles. The van der Waals surface area contributed by atoms with E-state index in [1.807, 2.05) is 36.6 Å². The molecule has 8 nitrogen and oxygen atoms in total. The predicted octanol–water partition coefficient (Wildman–Crippen LogP) is 7.54. The fraction of sp³-hybridized carbons (Fsp3) is 0.314. The van der Waals surface area contributed by atoms with Crippen molar-refractivity contribution >= 4 is 23.5 Å². The number of ether oxygens (including phenoxy) is 1. The van der Waals surface area contributed by atoms with Crippen LogP contribution in [0.3, 0.4) is 0 Å². The number of nitrogens with zero attached hydrogens (tertiary/aromatic N) is 1. The van der Waals surface area contributed by atoms with Crippen molar-refractivity contribution in [2.24, 2.45) is 0 Å². The zero-order valence-electron chi connectivity index (χ0n) is 26.1. The molecule has 2 unspecified atom stereocenters. The third kappa shape index (κ3) is 9.36. The molecule has 4 aromatic rings. The standard InChI is InChI=1S/C35H35ClF4N2O6/c1-20(2)42-28(14-13-25(43)17-26(44)18-30(45)46)31(23-9-11-24(37)12-10-23)32(22-6-4-3-5-7-22)33(42)34(47)41-19-21-8-15-29(27(36)16-21)48-35(38,39)40/h3-12,15-16,20,25-26,43-44H,13-14,17-19H2,1-2H3,(H,41,47)(H,45,46). The number of aliphatic carboxylic acids is 1. The number of nitrogens with one attached hydrogen (secondary N) is 1. The Morgan fingerprint density at radius 2 is 1.58 bits per heavy atom. The molecule has 4 rings (SSSR count). The van der Waals surface area contributed by atoms with Crippen LogP contribution in [0.1, 0.15) is 60.9 Å². The molecule has 0 aliphatic carbocycles. The average Bonchev–Trinajstić information content (AvgIpc) is 3.35. The topological polar surface area (TPSA) is 121 Å². The van der Waals surface area contributed by atoms with Crippen molar-refractivity contribution in [1.29, 1.82) is 0 Å². The molecule has 1 aromatic heterocycles. The Hall–Kier alpha value is -4.39. The molecular formula is C35H35ClF4N2O6. The van der Waals surface area contributed by atoms with E-state index in [2.05, 4.69) is 10.1 Å². The number of alkyl halides is 3. The molecule has 0 radical (unpaired) electrons. The summed E-state index contributed by atoms with van der Waals surface area (Å²) >= 11 is 6.03. The number of carboxylic acids is 1. The van der Waals surface area contributed by atoms with E-state index in [1.54, 1.807) is 24.3 Å². The maximum Gasteiger partial charge on any atom is 0.573 e. The van der Waals surface area contributed by atoms with E-state index < -0.39 is 48.4 Å². The number of benzene rings is 3. The van der Waals surface area contributed by atoms with Crippen LogP contribution < -0.4 is 10.1 Å². The number of aliphatic hydroxyl groups is 2. The van der Waals surface area contributed by atoms with Gasteiger partial charge in [-0.2, -0.15) is 0 Å². The van der Waals surface area contributed by atoms with Crippen LogP contribution in [0.5, 0.6) is 5.75 Å². The molecule has 4 N–H and O–H groups in total. The molecule has 13 heteroatoms. The van der Waals surface area contributed by atoms with Crippen LogP contribution in [0.2, 0.25) is 5.02 Å². The van der Waals surface area contributed by atoms with Crippen molar-refractivity contribution < 1.29 is 47.2 Å². The first kappa shape index (κ1) is 36.4. The molecule has 2 atom stereocenters. The summed E-state index contributed by atoms with van der Waals surface area (Å²) in [6, 6.07) is 18.2. The molecule has 0 aliphatic rings. The SMILES string of the molecule is CC(C)n1c(CCC(O)CC(O)CC(=O)O)c(-c2ccc(F)cc2)c(-c2ccccc2)c1C(=O)NCc1ccc(OC(F)(F)F)c(Cl)c1. The zero-order chi connectivity index (χ0) is 35.2. The summed E-state index contributed by atoms with van der Waals surface area (Å²) in [5.41, 5.74) is 3.75.